The summed E-state index contributed by atoms with van der Waals surface area (Å²) in [4.78, 5) is 11.4. The van der Waals surface area contributed by atoms with Crippen molar-refractivity contribution in [1.29, 1.82) is 0 Å². The number of hydrogen-bond donors (Lipinski definition) is 2. The van der Waals surface area contributed by atoms with E-state index in [0.717, 1.165) is 16.4 Å². The number of rotatable bonds is 5. The van der Waals surface area contributed by atoms with E-state index in [4.69, 9.17) is 23.2 Å². The monoisotopic (exact) mass is 470 g/mol. The molecule has 158 valence electrons. The number of sulfonamides is 1. The van der Waals surface area contributed by atoms with Crippen molar-refractivity contribution < 1.29 is 31.5 Å². The molecule has 2 aromatic carbocycles. The first-order chi connectivity index (χ1) is 13.2. The lowest BCUT2D eigenvalue weighted by atomic mass is 10.1. The Bertz CT molecular complexity index is 1030. The molecular weight excluding hydrogens is 456 g/mol. The van der Waals surface area contributed by atoms with Crippen LogP contribution in [0.25, 0.3) is 0 Å². The summed E-state index contributed by atoms with van der Waals surface area (Å²) >= 11 is 12.0. The van der Waals surface area contributed by atoms with Crippen LogP contribution in [0.2, 0.25) is 10.0 Å². The Labute approximate surface area is 174 Å². The van der Waals surface area contributed by atoms with Crippen LogP contribution < -0.4 is 9.62 Å². The predicted molar refractivity (Wildman–Crippen MR) is 104 cm³/mol. The molecule has 6 nitrogen and oxygen atoms in total. The summed E-state index contributed by atoms with van der Waals surface area (Å²) in [5.41, 5.74) is -3.76. The smallest absolute Gasteiger partial charge is 0.373 e. The van der Waals surface area contributed by atoms with Crippen molar-refractivity contribution in [2.24, 2.45) is 0 Å². The maximum atomic E-state index is 12.8. The van der Waals surface area contributed by atoms with Gasteiger partial charge in [0.1, 0.15) is 4.90 Å². The van der Waals surface area contributed by atoms with E-state index >= 15 is 0 Å². The highest BCUT2D eigenvalue weighted by molar-refractivity contribution is 7.93. The Hall–Kier alpha value is -2.01. The van der Waals surface area contributed by atoms with Crippen molar-refractivity contribution in [3.8, 4) is 0 Å². The number of alkyl halides is 3. The SMILES string of the molecule is CN(c1ccccc1)S(=O)(=O)c1ccc(NC(=O)[C@@](C)(O)C(F)(F)F)c(Cl)c1Cl. The number of aliphatic hydroxyl groups is 1. The van der Waals surface area contributed by atoms with Gasteiger partial charge in [-0.05, 0) is 31.2 Å². The van der Waals surface area contributed by atoms with Gasteiger partial charge in [-0.3, -0.25) is 9.10 Å². The van der Waals surface area contributed by atoms with Gasteiger partial charge in [0.2, 0.25) is 5.60 Å². The normalized spacial score (nSPS) is 14.2. The third kappa shape index (κ3) is 4.45. The molecule has 0 unspecified atom stereocenters. The third-order valence-electron chi connectivity index (χ3n) is 4.05. The molecule has 0 fully saturated rings. The fourth-order valence-corrected chi connectivity index (χ4v) is 4.11. The van der Waals surface area contributed by atoms with Gasteiger partial charge in [0.05, 0.1) is 21.4 Å². The number of halogens is 5. The van der Waals surface area contributed by atoms with Crippen LogP contribution in [0, 0.1) is 0 Å². The minimum atomic E-state index is -5.24. The predicted octanol–water partition coefficient (Wildman–Crippen LogP) is 4.07. The van der Waals surface area contributed by atoms with Gasteiger partial charge in [-0.2, -0.15) is 13.2 Å². The zero-order valence-electron chi connectivity index (χ0n) is 15.0. The second-order valence-corrected chi connectivity index (χ2v) is 8.77. The molecule has 1 amide bonds. The Morgan fingerprint density at radius 1 is 1.07 bits per heavy atom. The molecule has 2 rings (SSSR count). The molecule has 2 aromatic rings. The summed E-state index contributed by atoms with van der Waals surface area (Å²) in [7, 11) is -2.88. The van der Waals surface area contributed by atoms with E-state index in [0.29, 0.717) is 5.69 Å². The highest BCUT2D eigenvalue weighted by Crippen LogP contribution is 2.38. The minimum absolute atomic E-state index is 0.269. The van der Waals surface area contributed by atoms with Crippen LogP contribution in [0.4, 0.5) is 24.5 Å². The number of nitrogens with one attached hydrogen (secondary N) is 1. The van der Waals surface area contributed by atoms with Gasteiger partial charge in [-0.15, -0.1) is 0 Å². The molecule has 0 bridgehead atoms. The lowest BCUT2D eigenvalue weighted by Crippen LogP contribution is -2.52. The topological polar surface area (TPSA) is 86.7 Å². The maximum absolute atomic E-state index is 12.8. The molecule has 0 spiro atoms. The van der Waals surface area contributed by atoms with Crippen LogP contribution in [0.5, 0.6) is 0 Å². The van der Waals surface area contributed by atoms with E-state index in [1.807, 2.05) is 0 Å². The fourth-order valence-electron chi connectivity index (χ4n) is 2.12. The zero-order chi connectivity index (χ0) is 22.2. The van der Waals surface area contributed by atoms with Crippen LogP contribution in [-0.2, 0) is 14.8 Å². The molecule has 0 saturated carbocycles. The van der Waals surface area contributed by atoms with E-state index in [9.17, 15) is 31.5 Å². The van der Waals surface area contributed by atoms with E-state index in [-0.39, 0.29) is 6.92 Å². The lowest BCUT2D eigenvalue weighted by molar-refractivity contribution is -0.242. The van der Waals surface area contributed by atoms with Crippen LogP contribution in [0.3, 0.4) is 0 Å². The number of hydrogen-bond acceptors (Lipinski definition) is 4. The standard InChI is InChI=1S/C17H15Cl2F3N2O4S/c1-16(26,17(20,21)22)15(25)23-11-8-9-12(14(19)13(11)18)29(27,28)24(2)10-6-4-3-5-7-10/h3-9,26H,1-2H3,(H,23,25)/t16-/m1/s1. The molecule has 0 aliphatic carbocycles. The Morgan fingerprint density at radius 3 is 2.14 bits per heavy atom. The van der Waals surface area contributed by atoms with Gasteiger partial charge in [0.25, 0.3) is 15.9 Å². The average Bonchev–Trinajstić information content (AvgIpc) is 2.64. The summed E-state index contributed by atoms with van der Waals surface area (Å²) < 4.78 is 65.0. The van der Waals surface area contributed by atoms with Crippen molar-refractivity contribution in [1.82, 2.24) is 0 Å². The average molecular weight is 471 g/mol. The highest BCUT2D eigenvalue weighted by Gasteiger charge is 2.55. The molecule has 29 heavy (non-hydrogen) atoms. The van der Waals surface area contributed by atoms with E-state index < -0.39 is 48.3 Å². The lowest BCUT2D eigenvalue weighted by Gasteiger charge is -2.25. The van der Waals surface area contributed by atoms with Crippen LogP contribution in [-0.4, -0.2) is 38.3 Å². The second-order valence-electron chi connectivity index (χ2n) is 6.07. The molecule has 0 aromatic heterocycles. The van der Waals surface area contributed by atoms with E-state index in [1.54, 1.807) is 35.6 Å². The van der Waals surface area contributed by atoms with Crippen LogP contribution in [0.1, 0.15) is 6.92 Å². The zero-order valence-corrected chi connectivity index (χ0v) is 17.3. The number of anilines is 2. The number of carbonyl (C=O) groups excluding carboxylic acids is 1. The van der Waals surface area contributed by atoms with Crippen LogP contribution >= 0.6 is 23.2 Å². The first kappa shape index (κ1) is 23.3. The quantitative estimate of drug-likeness (QED) is 0.689. The van der Waals surface area contributed by atoms with Crippen molar-refractivity contribution in [3.05, 3.63) is 52.5 Å². The Kier molecular flexibility index (Phi) is 6.43. The van der Waals surface area contributed by atoms with E-state index in [2.05, 4.69) is 0 Å². The maximum Gasteiger partial charge on any atom is 0.426 e. The summed E-state index contributed by atoms with van der Waals surface area (Å²) in [5.74, 6) is -1.81. The van der Waals surface area contributed by atoms with Crippen molar-refractivity contribution >= 4 is 50.5 Å². The summed E-state index contributed by atoms with van der Waals surface area (Å²) in [5, 5.41) is 10.2. The van der Waals surface area contributed by atoms with E-state index in [1.165, 1.54) is 7.05 Å². The van der Waals surface area contributed by atoms with Gasteiger partial charge in [-0.1, -0.05) is 41.4 Å². The molecule has 0 saturated heterocycles. The summed E-state index contributed by atoms with van der Waals surface area (Å²) in [6.45, 7) is 0.269. The molecular formula is C17H15Cl2F3N2O4S. The van der Waals surface area contributed by atoms with Gasteiger partial charge < -0.3 is 10.4 Å². The summed E-state index contributed by atoms with van der Waals surface area (Å²) in [6, 6.07) is 10.00. The molecule has 0 aliphatic rings. The number of benzene rings is 2. The number of amides is 1. The van der Waals surface area contributed by atoms with Gasteiger partial charge >= 0.3 is 6.18 Å². The van der Waals surface area contributed by atoms with Gasteiger partial charge in [0.15, 0.2) is 0 Å². The Morgan fingerprint density at radius 2 is 1.62 bits per heavy atom. The van der Waals surface area contributed by atoms with Gasteiger partial charge in [-0.25, -0.2) is 8.42 Å². The van der Waals surface area contributed by atoms with Gasteiger partial charge in [0, 0.05) is 7.05 Å². The number of para-hydroxylation sites is 1. The molecule has 2 N–H and O–H groups in total. The van der Waals surface area contributed by atoms with Crippen LogP contribution in [0.15, 0.2) is 47.4 Å². The minimum Gasteiger partial charge on any atom is -0.373 e. The first-order valence-corrected chi connectivity index (χ1v) is 10.0. The number of nitrogens with zero attached hydrogens (tertiary/aromatic N) is 1. The highest BCUT2D eigenvalue weighted by atomic mass is 35.5. The largest absolute Gasteiger partial charge is 0.426 e. The first-order valence-electron chi connectivity index (χ1n) is 7.83. The molecule has 1 atom stereocenters. The Balaban J connectivity index is 2.41. The molecule has 0 aliphatic heterocycles. The van der Waals surface area contributed by atoms with Crippen molar-refractivity contribution in [3.63, 3.8) is 0 Å². The second kappa shape index (κ2) is 8.02. The third-order valence-corrected chi connectivity index (χ3v) is 6.87. The van der Waals surface area contributed by atoms with Crippen molar-refractivity contribution in [2.75, 3.05) is 16.7 Å². The van der Waals surface area contributed by atoms with Crippen molar-refractivity contribution in [2.45, 2.75) is 23.6 Å². The molecule has 12 heteroatoms. The molecule has 0 heterocycles. The number of carbonyl (C=O) groups is 1. The fraction of sp³-hybridized carbons (Fsp3) is 0.235. The summed E-state index contributed by atoms with van der Waals surface area (Å²) in [6.07, 6.45) is -5.24. The molecule has 0 radical (unpaired) electrons.